The lowest BCUT2D eigenvalue weighted by molar-refractivity contribution is -0.274. The van der Waals surface area contributed by atoms with Crippen molar-refractivity contribution in [3.05, 3.63) is 0 Å². The predicted molar refractivity (Wildman–Crippen MR) is 118 cm³/mol. The number of rotatable bonds is 0. The normalized spacial score (nSPS) is 57.9. The maximum absolute atomic E-state index is 6.18. The first-order valence-corrected chi connectivity index (χ1v) is 14.0. The van der Waals surface area contributed by atoms with E-state index >= 15 is 0 Å². The zero-order valence-electron chi connectivity index (χ0n) is 20.1. The van der Waals surface area contributed by atoms with E-state index in [9.17, 15) is 0 Å². The summed E-state index contributed by atoms with van der Waals surface area (Å²) in [6, 6.07) is 0. The van der Waals surface area contributed by atoms with Gasteiger partial charge in [-0.25, -0.2) is 0 Å². The largest absolute Gasteiger partial charge is 0.348 e. The SMILES string of the molecule is C[C@@]12CC[C@H]3C4(CCC5(CC4)OCCO5)[C@]31[C@@]13[C@@H](CC[C@@]21C)C31CCC2(CC1)OCCO2. The van der Waals surface area contributed by atoms with E-state index in [1.807, 2.05) is 0 Å². The van der Waals surface area contributed by atoms with E-state index < -0.39 is 0 Å². The predicted octanol–water partition coefficient (Wildman–Crippen LogP) is 5.44. The average molecular weight is 441 g/mol. The second kappa shape index (κ2) is 5.04. The van der Waals surface area contributed by atoms with Crippen LogP contribution in [0.15, 0.2) is 0 Å². The first-order valence-electron chi connectivity index (χ1n) is 14.0. The molecule has 2 saturated heterocycles. The molecule has 0 aromatic carbocycles. The van der Waals surface area contributed by atoms with E-state index in [1.165, 1.54) is 51.4 Å². The second-order valence-electron chi connectivity index (χ2n) is 14.0. The van der Waals surface area contributed by atoms with Gasteiger partial charge in [-0.15, -0.1) is 0 Å². The van der Waals surface area contributed by atoms with E-state index in [0.717, 1.165) is 63.9 Å². The summed E-state index contributed by atoms with van der Waals surface area (Å²) in [4.78, 5) is 0. The van der Waals surface area contributed by atoms with Gasteiger partial charge < -0.3 is 18.9 Å². The van der Waals surface area contributed by atoms with Gasteiger partial charge in [0.1, 0.15) is 0 Å². The lowest BCUT2D eigenvalue weighted by Crippen LogP contribution is -2.68. The zero-order valence-corrected chi connectivity index (χ0v) is 20.1. The first kappa shape index (κ1) is 19.1. The summed E-state index contributed by atoms with van der Waals surface area (Å²) in [6.07, 6.45) is 16.1. The van der Waals surface area contributed by atoms with Crippen molar-refractivity contribution in [3.8, 4) is 0 Å². The van der Waals surface area contributed by atoms with Gasteiger partial charge in [-0.05, 0) is 95.7 Å². The fourth-order valence-electron chi connectivity index (χ4n) is 14.3. The van der Waals surface area contributed by atoms with Crippen LogP contribution in [0.3, 0.4) is 0 Å². The summed E-state index contributed by atoms with van der Waals surface area (Å²) in [5, 5.41) is 0. The highest BCUT2D eigenvalue weighted by Gasteiger charge is 3.10. The molecule has 9 fully saturated rings. The van der Waals surface area contributed by atoms with Crippen molar-refractivity contribution in [1.29, 1.82) is 0 Å². The van der Waals surface area contributed by atoms with Crippen molar-refractivity contribution in [2.75, 3.05) is 26.4 Å². The first-order chi connectivity index (χ1) is 15.4. The molecular formula is C28H40O4. The smallest absolute Gasteiger partial charge is 0.168 e. The zero-order chi connectivity index (χ0) is 21.3. The van der Waals surface area contributed by atoms with Crippen molar-refractivity contribution < 1.29 is 18.9 Å². The van der Waals surface area contributed by atoms with E-state index in [2.05, 4.69) is 13.8 Å². The van der Waals surface area contributed by atoms with Gasteiger partial charge in [0.05, 0.1) is 26.4 Å². The van der Waals surface area contributed by atoms with Gasteiger partial charge in [-0.3, -0.25) is 0 Å². The molecule has 0 bridgehead atoms. The number of hydrogen-bond donors (Lipinski definition) is 0. The third-order valence-electron chi connectivity index (χ3n) is 14.7. The van der Waals surface area contributed by atoms with Crippen LogP contribution in [0.1, 0.15) is 90.9 Å². The summed E-state index contributed by atoms with van der Waals surface area (Å²) in [5.74, 6) is 1.54. The van der Waals surface area contributed by atoms with Crippen molar-refractivity contribution >= 4 is 0 Å². The molecule has 176 valence electrons. The van der Waals surface area contributed by atoms with Gasteiger partial charge in [-0.1, -0.05) is 13.8 Å². The summed E-state index contributed by atoms with van der Waals surface area (Å²) in [7, 11) is 0. The molecule has 0 amide bonds. The highest BCUT2D eigenvalue weighted by atomic mass is 16.7. The molecule has 4 heteroatoms. The van der Waals surface area contributed by atoms with Crippen LogP contribution < -0.4 is 0 Å². The van der Waals surface area contributed by atoms with Crippen LogP contribution in [0.4, 0.5) is 0 Å². The third-order valence-corrected chi connectivity index (χ3v) is 14.7. The Morgan fingerprint density at radius 2 is 0.812 bits per heavy atom. The van der Waals surface area contributed by atoms with Crippen LogP contribution in [0, 0.1) is 44.3 Å². The maximum Gasteiger partial charge on any atom is 0.168 e. The Kier molecular flexibility index (Phi) is 3.00. The Labute approximate surface area is 192 Å². The van der Waals surface area contributed by atoms with E-state index in [-0.39, 0.29) is 11.6 Å². The van der Waals surface area contributed by atoms with Crippen molar-refractivity contribution in [3.63, 3.8) is 0 Å². The topological polar surface area (TPSA) is 36.9 Å². The molecule has 9 rings (SSSR count). The monoisotopic (exact) mass is 440 g/mol. The van der Waals surface area contributed by atoms with Crippen LogP contribution in [0.25, 0.3) is 0 Å². The van der Waals surface area contributed by atoms with Gasteiger partial charge in [0.15, 0.2) is 11.6 Å². The van der Waals surface area contributed by atoms with Gasteiger partial charge in [0.25, 0.3) is 0 Å². The molecule has 6 atom stereocenters. The number of hydrogen-bond acceptors (Lipinski definition) is 4. The molecule has 0 unspecified atom stereocenters. The molecule has 0 radical (unpaired) electrons. The van der Waals surface area contributed by atoms with E-state index in [1.54, 1.807) is 0 Å². The molecule has 0 N–H and O–H groups in total. The molecule has 9 aliphatic rings. The van der Waals surface area contributed by atoms with Crippen molar-refractivity contribution in [2.45, 2.75) is 102 Å². The minimum absolute atomic E-state index is 0.218. The van der Waals surface area contributed by atoms with Crippen LogP contribution >= 0.6 is 0 Å². The van der Waals surface area contributed by atoms with Gasteiger partial charge in [0.2, 0.25) is 0 Å². The molecule has 6 spiro atoms. The molecular weight excluding hydrogens is 400 g/mol. The highest BCUT2D eigenvalue weighted by molar-refractivity contribution is 5.56. The van der Waals surface area contributed by atoms with Crippen LogP contribution in [-0.2, 0) is 18.9 Å². The Morgan fingerprint density at radius 1 is 0.469 bits per heavy atom. The second-order valence-corrected chi connectivity index (χ2v) is 14.0. The van der Waals surface area contributed by atoms with Gasteiger partial charge in [-0.2, -0.15) is 0 Å². The minimum atomic E-state index is -0.218. The molecule has 2 aliphatic heterocycles. The molecule has 7 aliphatic carbocycles. The molecule has 0 aromatic rings. The molecule has 7 saturated carbocycles. The highest BCUT2D eigenvalue weighted by Crippen LogP contribution is 3.14. The van der Waals surface area contributed by atoms with E-state index in [0.29, 0.717) is 32.5 Å². The number of fused-ring (bicyclic) bond motifs is 3. The van der Waals surface area contributed by atoms with Gasteiger partial charge >= 0.3 is 0 Å². The molecule has 4 nitrogen and oxygen atoms in total. The Hall–Kier alpha value is -0.160. The summed E-state index contributed by atoms with van der Waals surface area (Å²) < 4.78 is 24.7. The quantitative estimate of drug-likeness (QED) is 0.503. The van der Waals surface area contributed by atoms with E-state index in [4.69, 9.17) is 18.9 Å². The number of ether oxygens (including phenoxy) is 4. The van der Waals surface area contributed by atoms with Crippen LogP contribution in [-0.4, -0.2) is 38.0 Å². The van der Waals surface area contributed by atoms with Crippen molar-refractivity contribution in [2.24, 2.45) is 44.3 Å². The fourth-order valence-corrected chi connectivity index (χ4v) is 14.3. The minimum Gasteiger partial charge on any atom is -0.348 e. The van der Waals surface area contributed by atoms with Crippen LogP contribution in [0.2, 0.25) is 0 Å². The summed E-state index contributed by atoms with van der Waals surface area (Å²) in [5.41, 5.74) is 3.60. The summed E-state index contributed by atoms with van der Waals surface area (Å²) in [6.45, 7) is 8.75. The average Bonchev–Trinajstić information content (AvgIpc) is 3.21. The summed E-state index contributed by atoms with van der Waals surface area (Å²) >= 11 is 0. The Morgan fingerprint density at radius 3 is 1.16 bits per heavy atom. The van der Waals surface area contributed by atoms with Gasteiger partial charge in [0, 0.05) is 25.7 Å². The molecule has 2 heterocycles. The lowest BCUT2D eigenvalue weighted by Gasteiger charge is -2.73. The maximum atomic E-state index is 6.18. The Balaban J connectivity index is 1.12. The van der Waals surface area contributed by atoms with Crippen LogP contribution in [0.5, 0.6) is 0 Å². The fraction of sp³-hybridized carbons (Fsp3) is 1.00. The Bertz CT molecular complexity index is 822. The molecule has 0 aromatic heterocycles. The van der Waals surface area contributed by atoms with Crippen molar-refractivity contribution in [1.82, 2.24) is 0 Å². The lowest BCUT2D eigenvalue weighted by atomic mass is 9.31. The standard InChI is InChI=1S/C28H40O4/c1-21-5-3-19-23(7-11-25(12-8-23)29-15-16-30-25)27(19,21)28-20(4-6-22(21,28)2)24(28)9-13-26(14-10-24)31-17-18-32-26/h19-20H,3-18H2,1-2H3/t19-,20-,21-,22-,27-,28-/m0/s1. The third kappa shape index (κ3) is 1.43. The molecule has 32 heavy (non-hydrogen) atoms.